The fourth-order valence-corrected chi connectivity index (χ4v) is 4.33. The highest BCUT2D eigenvalue weighted by Crippen LogP contribution is 2.35. The van der Waals surface area contributed by atoms with Crippen LogP contribution in [0, 0.1) is 6.92 Å². The maximum absolute atomic E-state index is 12.8. The van der Waals surface area contributed by atoms with Gasteiger partial charge in [0.25, 0.3) is 5.56 Å². The van der Waals surface area contributed by atoms with Gasteiger partial charge in [-0.1, -0.05) is 6.92 Å². The Morgan fingerprint density at radius 1 is 1.50 bits per heavy atom. The van der Waals surface area contributed by atoms with Gasteiger partial charge in [0.05, 0.1) is 5.39 Å². The zero-order valence-corrected chi connectivity index (χ0v) is 12.4. The maximum atomic E-state index is 12.8. The summed E-state index contributed by atoms with van der Waals surface area (Å²) in [5, 5.41) is 0.702. The summed E-state index contributed by atoms with van der Waals surface area (Å²) in [4.78, 5) is 31.0. The summed E-state index contributed by atoms with van der Waals surface area (Å²) >= 11 is 1.61. The molecule has 2 aromatic heterocycles. The molecule has 0 saturated carbocycles. The summed E-state index contributed by atoms with van der Waals surface area (Å²) in [6, 6.07) is -0.614. The number of aromatic nitrogens is 2. The molecule has 1 aliphatic carbocycles. The summed E-state index contributed by atoms with van der Waals surface area (Å²) < 4.78 is 1.47. The molecule has 2 heterocycles. The number of rotatable bonds is 3. The van der Waals surface area contributed by atoms with E-state index in [-0.39, 0.29) is 5.56 Å². The molecule has 0 spiro atoms. The molecule has 0 fully saturated rings. The van der Waals surface area contributed by atoms with Crippen LogP contribution in [0.1, 0.15) is 42.1 Å². The first-order valence-electron chi connectivity index (χ1n) is 6.87. The number of nitrogens with zero attached hydrogens (tertiary/aromatic N) is 2. The minimum atomic E-state index is -0.614. The van der Waals surface area contributed by atoms with Gasteiger partial charge in [-0.05, 0) is 38.2 Å². The average molecular weight is 291 g/mol. The SMILES string of the molecule is CCC(C(N)=O)n1c(C)nc2sc3c(c2c1=O)CCC3. The van der Waals surface area contributed by atoms with Crippen LogP contribution in [0.3, 0.4) is 0 Å². The molecule has 3 rings (SSSR count). The van der Waals surface area contributed by atoms with Gasteiger partial charge in [-0.3, -0.25) is 14.2 Å². The van der Waals surface area contributed by atoms with Gasteiger partial charge in [-0.2, -0.15) is 0 Å². The first-order valence-corrected chi connectivity index (χ1v) is 7.69. The third-order valence-corrected chi connectivity index (χ3v) is 5.16. The van der Waals surface area contributed by atoms with Crippen molar-refractivity contribution in [2.45, 2.75) is 45.6 Å². The third-order valence-electron chi connectivity index (χ3n) is 3.97. The lowest BCUT2D eigenvalue weighted by Crippen LogP contribution is -2.35. The topological polar surface area (TPSA) is 78.0 Å². The standard InChI is InChI=1S/C14H17N3O2S/c1-3-9(12(15)18)17-7(2)16-13-11(14(17)19)8-5-4-6-10(8)20-13/h9H,3-6H2,1-2H3,(H2,15,18). The highest BCUT2D eigenvalue weighted by molar-refractivity contribution is 7.18. The second kappa shape index (κ2) is 4.70. The summed E-state index contributed by atoms with van der Waals surface area (Å²) in [6.07, 6.45) is 3.55. The number of thiophene rings is 1. The second-order valence-corrected chi connectivity index (χ2v) is 6.28. The van der Waals surface area contributed by atoms with Crippen LogP contribution >= 0.6 is 11.3 Å². The molecular weight excluding hydrogens is 274 g/mol. The summed E-state index contributed by atoms with van der Waals surface area (Å²) in [7, 11) is 0. The van der Waals surface area contributed by atoms with Crippen molar-refractivity contribution in [2.75, 3.05) is 0 Å². The second-order valence-electron chi connectivity index (χ2n) is 5.20. The van der Waals surface area contributed by atoms with Crippen molar-refractivity contribution in [3.8, 4) is 0 Å². The van der Waals surface area contributed by atoms with E-state index in [1.807, 2.05) is 6.92 Å². The van der Waals surface area contributed by atoms with Crippen LogP contribution in [-0.4, -0.2) is 15.5 Å². The van der Waals surface area contributed by atoms with Crippen LogP contribution in [0.2, 0.25) is 0 Å². The molecule has 1 atom stereocenters. The number of amides is 1. The van der Waals surface area contributed by atoms with E-state index in [9.17, 15) is 9.59 Å². The molecule has 20 heavy (non-hydrogen) atoms. The van der Waals surface area contributed by atoms with Crippen molar-refractivity contribution in [1.82, 2.24) is 9.55 Å². The quantitative estimate of drug-likeness (QED) is 0.934. The van der Waals surface area contributed by atoms with E-state index in [4.69, 9.17) is 5.73 Å². The molecule has 1 amide bonds. The molecule has 0 bridgehead atoms. The van der Waals surface area contributed by atoms with E-state index >= 15 is 0 Å². The number of nitrogens with two attached hydrogens (primary N) is 1. The van der Waals surface area contributed by atoms with Crippen molar-refractivity contribution in [3.63, 3.8) is 0 Å². The first kappa shape index (κ1) is 13.3. The average Bonchev–Trinajstić information content (AvgIpc) is 2.93. The number of carbonyl (C=O) groups is 1. The van der Waals surface area contributed by atoms with Gasteiger partial charge in [0.15, 0.2) is 0 Å². The Balaban J connectivity index is 2.33. The number of hydrogen-bond donors (Lipinski definition) is 1. The molecule has 0 saturated heterocycles. The normalized spacial score (nSPS) is 15.5. The van der Waals surface area contributed by atoms with Crippen LogP contribution in [0.4, 0.5) is 0 Å². The smallest absolute Gasteiger partial charge is 0.263 e. The van der Waals surface area contributed by atoms with Crippen molar-refractivity contribution >= 4 is 27.5 Å². The van der Waals surface area contributed by atoms with E-state index in [2.05, 4.69) is 4.98 Å². The highest BCUT2D eigenvalue weighted by atomic mass is 32.1. The van der Waals surface area contributed by atoms with Crippen LogP contribution < -0.4 is 11.3 Å². The Hall–Kier alpha value is -1.69. The fourth-order valence-electron chi connectivity index (χ4n) is 3.04. The minimum absolute atomic E-state index is 0.113. The van der Waals surface area contributed by atoms with Crippen LogP contribution in [0.15, 0.2) is 4.79 Å². The predicted octanol–water partition coefficient (Wildman–Crippen LogP) is 1.69. The van der Waals surface area contributed by atoms with E-state index in [0.717, 1.165) is 29.7 Å². The minimum Gasteiger partial charge on any atom is -0.368 e. The molecule has 1 aliphatic rings. The van der Waals surface area contributed by atoms with Gasteiger partial charge < -0.3 is 5.73 Å². The molecular formula is C14H17N3O2S. The largest absolute Gasteiger partial charge is 0.368 e. The van der Waals surface area contributed by atoms with E-state index in [0.29, 0.717) is 17.6 Å². The zero-order chi connectivity index (χ0) is 14.4. The Bertz CT molecular complexity index is 760. The van der Waals surface area contributed by atoms with Crippen LogP contribution in [-0.2, 0) is 17.6 Å². The Morgan fingerprint density at radius 2 is 2.25 bits per heavy atom. The van der Waals surface area contributed by atoms with Gasteiger partial charge in [-0.15, -0.1) is 11.3 Å². The third kappa shape index (κ3) is 1.78. The molecule has 0 radical (unpaired) electrons. The molecule has 2 aromatic rings. The van der Waals surface area contributed by atoms with E-state index in [1.54, 1.807) is 18.3 Å². The van der Waals surface area contributed by atoms with Gasteiger partial charge in [-0.25, -0.2) is 4.98 Å². The first-order chi connectivity index (χ1) is 9.54. The lowest BCUT2D eigenvalue weighted by atomic mass is 10.1. The fraction of sp³-hybridized carbons (Fsp3) is 0.500. The molecule has 2 N–H and O–H groups in total. The van der Waals surface area contributed by atoms with Crippen molar-refractivity contribution in [1.29, 1.82) is 0 Å². The number of carbonyl (C=O) groups excluding carboxylic acids is 1. The van der Waals surface area contributed by atoms with Crippen molar-refractivity contribution in [3.05, 3.63) is 26.6 Å². The summed E-state index contributed by atoms with van der Waals surface area (Å²) in [5.41, 5.74) is 6.45. The number of primary amides is 1. The Kier molecular flexibility index (Phi) is 3.12. The molecule has 1 unspecified atom stereocenters. The van der Waals surface area contributed by atoms with Gasteiger partial charge >= 0.3 is 0 Å². The molecule has 5 nitrogen and oxygen atoms in total. The number of hydrogen-bond acceptors (Lipinski definition) is 4. The maximum Gasteiger partial charge on any atom is 0.263 e. The number of aryl methyl sites for hydroxylation is 3. The Morgan fingerprint density at radius 3 is 2.90 bits per heavy atom. The summed E-state index contributed by atoms with van der Waals surface area (Å²) in [6.45, 7) is 3.61. The highest BCUT2D eigenvalue weighted by Gasteiger charge is 2.25. The molecule has 6 heteroatoms. The number of fused-ring (bicyclic) bond motifs is 3. The monoisotopic (exact) mass is 291 g/mol. The molecule has 0 aliphatic heterocycles. The van der Waals surface area contributed by atoms with E-state index < -0.39 is 11.9 Å². The van der Waals surface area contributed by atoms with Crippen molar-refractivity contribution < 1.29 is 4.79 Å². The van der Waals surface area contributed by atoms with Gasteiger partial charge in [0.2, 0.25) is 5.91 Å². The van der Waals surface area contributed by atoms with Gasteiger partial charge in [0, 0.05) is 4.88 Å². The molecule has 106 valence electrons. The lowest BCUT2D eigenvalue weighted by Gasteiger charge is -2.17. The van der Waals surface area contributed by atoms with Crippen LogP contribution in [0.25, 0.3) is 10.2 Å². The predicted molar refractivity (Wildman–Crippen MR) is 79.2 cm³/mol. The molecule has 0 aromatic carbocycles. The van der Waals surface area contributed by atoms with Crippen LogP contribution in [0.5, 0.6) is 0 Å². The lowest BCUT2D eigenvalue weighted by molar-refractivity contribution is -0.121. The van der Waals surface area contributed by atoms with E-state index in [1.165, 1.54) is 9.44 Å². The van der Waals surface area contributed by atoms with Crippen molar-refractivity contribution in [2.24, 2.45) is 5.73 Å². The zero-order valence-electron chi connectivity index (χ0n) is 11.6. The van der Waals surface area contributed by atoms with Gasteiger partial charge in [0.1, 0.15) is 16.7 Å². The Labute approximate surface area is 120 Å². The summed E-state index contributed by atoms with van der Waals surface area (Å²) in [5.74, 6) is 0.0822.